The largest absolute Gasteiger partial charge is 0.353 e. The summed E-state index contributed by atoms with van der Waals surface area (Å²) in [6.45, 7) is 2.27. The molecule has 3 rings (SSSR count). The first kappa shape index (κ1) is 13.9. The Hall–Kier alpha value is -1.06. The molecule has 3 nitrogen and oxygen atoms in total. The van der Waals surface area contributed by atoms with Crippen LogP contribution in [0.25, 0.3) is 0 Å². The van der Waals surface area contributed by atoms with Gasteiger partial charge < -0.3 is 10.2 Å². The smallest absolute Gasteiger partial charge is 0.224 e. The molecular formula is C16H21ClN2O. The van der Waals surface area contributed by atoms with Crippen molar-refractivity contribution < 1.29 is 4.79 Å². The van der Waals surface area contributed by atoms with Crippen LogP contribution < -0.4 is 5.32 Å². The van der Waals surface area contributed by atoms with E-state index in [0.717, 1.165) is 37.5 Å². The average Bonchev–Trinajstić information content (AvgIpc) is 3.27. The van der Waals surface area contributed by atoms with E-state index in [1.807, 2.05) is 24.3 Å². The maximum absolute atomic E-state index is 12.0. The molecule has 108 valence electrons. The van der Waals surface area contributed by atoms with Crippen LogP contribution in [0.1, 0.15) is 31.2 Å². The molecule has 1 amide bonds. The quantitative estimate of drug-likeness (QED) is 0.925. The lowest BCUT2D eigenvalue weighted by molar-refractivity contribution is -0.121. The first-order valence-electron chi connectivity index (χ1n) is 7.48. The molecule has 1 N–H and O–H groups in total. The van der Waals surface area contributed by atoms with E-state index in [9.17, 15) is 4.79 Å². The van der Waals surface area contributed by atoms with Crippen LogP contribution in [0.15, 0.2) is 24.3 Å². The molecule has 1 saturated carbocycles. The molecule has 1 aromatic carbocycles. The highest BCUT2D eigenvalue weighted by atomic mass is 35.5. The first-order valence-corrected chi connectivity index (χ1v) is 7.86. The Balaban J connectivity index is 1.43. The molecule has 20 heavy (non-hydrogen) atoms. The number of hydrogen-bond acceptors (Lipinski definition) is 2. The molecule has 0 aromatic heterocycles. The van der Waals surface area contributed by atoms with E-state index >= 15 is 0 Å². The summed E-state index contributed by atoms with van der Waals surface area (Å²) in [5.41, 5.74) is 1.02. The van der Waals surface area contributed by atoms with Gasteiger partial charge in [0.15, 0.2) is 0 Å². The fourth-order valence-corrected chi connectivity index (χ4v) is 3.04. The SMILES string of the molecule is O=C(Cc1ccc(Cl)cc1)NC1CCN(C2CC2)CC1. The number of benzene rings is 1. The lowest BCUT2D eigenvalue weighted by atomic mass is 10.0. The van der Waals surface area contributed by atoms with Crippen LogP contribution in [0.5, 0.6) is 0 Å². The van der Waals surface area contributed by atoms with Gasteiger partial charge in [0.25, 0.3) is 0 Å². The third-order valence-electron chi connectivity index (χ3n) is 4.24. The molecule has 1 aliphatic heterocycles. The molecule has 0 spiro atoms. The highest BCUT2D eigenvalue weighted by Crippen LogP contribution is 2.29. The Labute approximate surface area is 125 Å². The predicted molar refractivity (Wildman–Crippen MR) is 80.9 cm³/mol. The maximum Gasteiger partial charge on any atom is 0.224 e. The Morgan fingerprint density at radius 1 is 1.15 bits per heavy atom. The third kappa shape index (κ3) is 3.74. The molecule has 0 bridgehead atoms. The Bertz CT molecular complexity index is 462. The molecular weight excluding hydrogens is 272 g/mol. The average molecular weight is 293 g/mol. The number of carbonyl (C=O) groups excluding carboxylic acids is 1. The van der Waals surface area contributed by atoms with Crippen LogP contribution in [0.2, 0.25) is 5.02 Å². The highest BCUT2D eigenvalue weighted by molar-refractivity contribution is 6.30. The number of nitrogens with one attached hydrogen (secondary N) is 1. The zero-order valence-electron chi connectivity index (χ0n) is 11.6. The summed E-state index contributed by atoms with van der Waals surface area (Å²) in [5, 5.41) is 3.87. The van der Waals surface area contributed by atoms with Crippen molar-refractivity contribution >= 4 is 17.5 Å². The fourth-order valence-electron chi connectivity index (χ4n) is 2.91. The molecule has 0 unspecified atom stereocenters. The topological polar surface area (TPSA) is 32.3 Å². The van der Waals surface area contributed by atoms with E-state index in [-0.39, 0.29) is 5.91 Å². The van der Waals surface area contributed by atoms with Gasteiger partial charge in [-0.05, 0) is 43.4 Å². The van der Waals surface area contributed by atoms with Crippen molar-refractivity contribution in [2.75, 3.05) is 13.1 Å². The zero-order chi connectivity index (χ0) is 13.9. The summed E-state index contributed by atoms with van der Waals surface area (Å²) in [7, 11) is 0. The van der Waals surface area contributed by atoms with Crippen molar-refractivity contribution in [2.45, 2.75) is 44.2 Å². The van der Waals surface area contributed by atoms with Gasteiger partial charge in [-0.15, -0.1) is 0 Å². The number of nitrogens with zero attached hydrogens (tertiary/aromatic N) is 1. The predicted octanol–water partition coefficient (Wildman–Crippen LogP) is 2.63. The third-order valence-corrected chi connectivity index (χ3v) is 4.49. The number of hydrogen-bond donors (Lipinski definition) is 1. The number of likely N-dealkylation sites (tertiary alicyclic amines) is 1. The number of rotatable bonds is 4. The van der Waals surface area contributed by atoms with Gasteiger partial charge in [-0.2, -0.15) is 0 Å². The van der Waals surface area contributed by atoms with Crippen LogP contribution >= 0.6 is 11.6 Å². The van der Waals surface area contributed by atoms with Crippen molar-refractivity contribution in [3.8, 4) is 0 Å². The number of piperidine rings is 1. The van der Waals surface area contributed by atoms with E-state index in [4.69, 9.17) is 11.6 Å². The molecule has 1 saturated heterocycles. The van der Waals surface area contributed by atoms with E-state index in [2.05, 4.69) is 10.2 Å². The lowest BCUT2D eigenvalue weighted by Crippen LogP contribution is -2.45. The van der Waals surface area contributed by atoms with Crippen molar-refractivity contribution in [3.63, 3.8) is 0 Å². The van der Waals surface area contributed by atoms with Crippen molar-refractivity contribution in [1.29, 1.82) is 0 Å². The molecule has 1 aromatic rings. The normalized spacial score (nSPS) is 20.9. The summed E-state index contributed by atoms with van der Waals surface area (Å²) in [6, 6.07) is 8.69. The van der Waals surface area contributed by atoms with Gasteiger partial charge in [0, 0.05) is 30.2 Å². The van der Waals surface area contributed by atoms with Gasteiger partial charge in [0.05, 0.1) is 6.42 Å². The van der Waals surface area contributed by atoms with E-state index in [1.165, 1.54) is 12.8 Å². The van der Waals surface area contributed by atoms with E-state index < -0.39 is 0 Å². The Morgan fingerprint density at radius 3 is 2.40 bits per heavy atom. The van der Waals surface area contributed by atoms with Gasteiger partial charge in [-0.3, -0.25) is 4.79 Å². The molecule has 1 aliphatic carbocycles. The molecule has 0 radical (unpaired) electrons. The van der Waals surface area contributed by atoms with Crippen molar-refractivity contribution in [2.24, 2.45) is 0 Å². The summed E-state index contributed by atoms with van der Waals surface area (Å²) < 4.78 is 0. The molecule has 2 fully saturated rings. The Kier molecular flexibility index (Phi) is 4.27. The first-order chi connectivity index (χ1) is 9.70. The standard InChI is InChI=1S/C16H21ClN2O/c17-13-3-1-12(2-4-13)11-16(20)18-14-7-9-19(10-8-14)15-5-6-15/h1-4,14-15H,5-11H2,(H,18,20). The van der Waals surface area contributed by atoms with Crippen molar-refractivity contribution in [3.05, 3.63) is 34.9 Å². The summed E-state index contributed by atoms with van der Waals surface area (Å²) in [4.78, 5) is 14.6. The van der Waals surface area contributed by atoms with Crippen LogP contribution in [-0.2, 0) is 11.2 Å². The zero-order valence-corrected chi connectivity index (χ0v) is 12.4. The summed E-state index contributed by atoms with van der Waals surface area (Å²) in [5.74, 6) is 0.122. The summed E-state index contributed by atoms with van der Waals surface area (Å²) in [6.07, 6.45) is 5.35. The number of carbonyl (C=O) groups is 1. The minimum Gasteiger partial charge on any atom is -0.353 e. The van der Waals surface area contributed by atoms with Crippen LogP contribution in [0.3, 0.4) is 0 Å². The molecule has 1 heterocycles. The second kappa shape index (κ2) is 6.15. The monoisotopic (exact) mass is 292 g/mol. The van der Waals surface area contributed by atoms with Crippen LogP contribution in [-0.4, -0.2) is 36.0 Å². The number of halogens is 1. The second-order valence-corrected chi connectivity index (χ2v) is 6.35. The lowest BCUT2D eigenvalue weighted by Gasteiger charge is -2.32. The van der Waals surface area contributed by atoms with Gasteiger partial charge in [0.1, 0.15) is 0 Å². The molecule has 0 atom stereocenters. The van der Waals surface area contributed by atoms with Gasteiger partial charge in [-0.1, -0.05) is 23.7 Å². The summed E-state index contributed by atoms with van der Waals surface area (Å²) >= 11 is 5.84. The Morgan fingerprint density at radius 2 is 1.80 bits per heavy atom. The van der Waals surface area contributed by atoms with E-state index in [0.29, 0.717) is 17.5 Å². The number of amides is 1. The van der Waals surface area contributed by atoms with Crippen LogP contribution in [0, 0.1) is 0 Å². The van der Waals surface area contributed by atoms with E-state index in [1.54, 1.807) is 0 Å². The van der Waals surface area contributed by atoms with Crippen LogP contribution in [0.4, 0.5) is 0 Å². The highest BCUT2D eigenvalue weighted by Gasteiger charge is 2.31. The maximum atomic E-state index is 12.0. The minimum atomic E-state index is 0.122. The minimum absolute atomic E-state index is 0.122. The van der Waals surface area contributed by atoms with Gasteiger partial charge in [-0.25, -0.2) is 0 Å². The van der Waals surface area contributed by atoms with Crippen molar-refractivity contribution in [1.82, 2.24) is 10.2 Å². The van der Waals surface area contributed by atoms with Gasteiger partial charge >= 0.3 is 0 Å². The molecule has 4 heteroatoms. The molecule has 2 aliphatic rings. The van der Waals surface area contributed by atoms with Gasteiger partial charge in [0.2, 0.25) is 5.91 Å². The second-order valence-electron chi connectivity index (χ2n) is 5.91. The fraction of sp³-hybridized carbons (Fsp3) is 0.562.